The van der Waals surface area contributed by atoms with Crippen molar-refractivity contribution in [2.24, 2.45) is 0 Å². The highest BCUT2D eigenvalue weighted by Crippen LogP contribution is 2.13. The molecule has 8 heteroatoms. The number of ether oxygens (including phenoxy) is 3. The second-order valence-corrected chi connectivity index (χ2v) is 6.33. The van der Waals surface area contributed by atoms with E-state index in [1.807, 2.05) is 19.1 Å². The molecule has 0 radical (unpaired) electrons. The highest BCUT2D eigenvalue weighted by molar-refractivity contribution is 5.89. The Balaban J connectivity index is 1.66. The lowest BCUT2D eigenvalue weighted by molar-refractivity contribution is -0.131. The Labute approximate surface area is 175 Å². The SMILES string of the molecule is CCCOC(=O)c1ccc(OCC(=O)NNC(=O)COc2ccc(CC)cc2)cc1. The maximum Gasteiger partial charge on any atom is 0.338 e. The maximum atomic E-state index is 11.8. The number of carbonyl (C=O) groups excluding carboxylic acids is 3. The predicted octanol–water partition coefficient (Wildman–Crippen LogP) is 2.42. The lowest BCUT2D eigenvalue weighted by Crippen LogP contribution is -2.45. The molecule has 2 rings (SSSR count). The molecule has 2 amide bonds. The van der Waals surface area contributed by atoms with E-state index >= 15 is 0 Å². The molecular weight excluding hydrogens is 388 g/mol. The lowest BCUT2D eigenvalue weighted by atomic mass is 10.2. The van der Waals surface area contributed by atoms with Gasteiger partial charge in [0.15, 0.2) is 13.2 Å². The van der Waals surface area contributed by atoms with Crippen molar-refractivity contribution >= 4 is 17.8 Å². The zero-order valence-electron chi connectivity index (χ0n) is 17.1. The predicted molar refractivity (Wildman–Crippen MR) is 110 cm³/mol. The largest absolute Gasteiger partial charge is 0.484 e. The number of hydrazine groups is 1. The van der Waals surface area contributed by atoms with Crippen molar-refractivity contribution in [3.8, 4) is 11.5 Å². The summed E-state index contributed by atoms with van der Waals surface area (Å²) in [6, 6.07) is 13.6. The summed E-state index contributed by atoms with van der Waals surface area (Å²) in [5.74, 6) is -0.478. The van der Waals surface area contributed by atoms with Gasteiger partial charge in [-0.1, -0.05) is 26.0 Å². The van der Waals surface area contributed by atoms with E-state index in [-0.39, 0.29) is 13.2 Å². The minimum absolute atomic E-state index is 0.234. The van der Waals surface area contributed by atoms with Gasteiger partial charge in [-0.05, 0) is 54.8 Å². The van der Waals surface area contributed by atoms with Gasteiger partial charge >= 0.3 is 5.97 Å². The minimum Gasteiger partial charge on any atom is -0.484 e. The van der Waals surface area contributed by atoms with E-state index in [9.17, 15) is 14.4 Å². The van der Waals surface area contributed by atoms with E-state index in [4.69, 9.17) is 14.2 Å². The van der Waals surface area contributed by atoms with Crippen LogP contribution in [0.15, 0.2) is 48.5 Å². The van der Waals surface area contributed by atoms with Gasteiger partial charge in [-0.3, -0.25) is 20.4 Å². The molecule has 0 atom stereocenters. The average molecular weight is 414 g/mol. The highest BCUT2D eigenvalue weighted by Gasteiger charge is 2.09. The van der Waals surface area contributed by atoms with Crippen LogP contribution < -0.4 is 20.3 Å². The van der Waals surface area contributed by atoms with Crippen molar-refractivity contribution in [2.75, 3.05) is 19.8 Å². The summed E-state index contributed by atoms with van der Waals surface area (Å²) in [4.78, 5) is 35.3. The third kappa shape index (κ3) is 7.83. The minimum atomic E-state index is -0.540. The van der Waals surface area contributed by atoms with Gasteiger partial charge in [0.2, 0.25) is 0 Å². The molecule has 0 bridgehead atoms. The number of carbonyl (C=O) groups is 3. The Kier molecular flexibility index (Phi) is 9.18. The van der Waals surface area contributed by atoms with Gasteiger partial charge in [0.1, 0.15) is 11.5 Å². The number of aryl methyl sites for hydroxylation is 1. The molecule has 0 unspecified atom stereocenters. The molecule has 2 aromatic rings. The zero-order chi connectivity index (χ0) is 21.8. The summed E-state index contributed by atoms with van der Waals surface area (Å²) in [6.07, 6.45) is 1.67. The second-order valence-electron chi connectivity index (χ2n) is 6.33. The summed E-state index contributed by atoms with van der Waals surface area (Å²) < 4.78 is 15.7. The quantitative estimate of drug-likeness (QED) is 0.457. The third-order valence-electron chi connectivity index (χ3n) is 3.94. The van der Waals surface area contributed by atoms with E-state index < -0.39 is 17.8 Å². The molecule has 0 saturated carbocycles. The fourth-order valence-corrected chi connectivity index (χ4v) is 2.30. The van der Waals surface area contributed by atoms with Gasteiger partial charge in [-0.25, -0.2) is 4.79 Å². The number of amides is 2. The monoisotopic (exact) mass is 414 g/mol. The number of nitrogens with one attached hydrogen (secondary N) is 2. The van der Waals surface area contributed by atoms with E-state index in [0.717, 1.165) is 12.8 Å². The molecule has 160 valence electrons. The molecule has 0 aliphatic rings. The van der Waals surface area contributed by atoms with E-state index in [1.165, 1.54) is 5.56 Å². The third-order valence-corrected chi connectivity index (χ3v) is 3.94. The molecule has 0 aliphatic heterocycles. The van der Waals surface area contributed by atoms with Crippen LogP contribution in [0, 0.1) is 0 Å². The van der Waals surface area contributed by atoms with Crippen molar-refractivity contribution in [3.63, 3.8) is 0 Å². The summed E-state index contributed by atoms with van der Waals surface area (Å²) in [6.45, 7) is 3.78. The van der Waals surface area contributed by atoms with Crippen molar-refractivity contribution < 1.29 is 28.6 Å². The lowest BCUT2D eigenvalue weighted by Gasteiger charge is -2.10. The van der Waals surface area contributed by atoms with Gasteiger partial charge < -0.3 is 14.2 Å². The number of benzene rings is 2. The molecule has 0 aliphatic carbocycles. The van der Waals surface area contributed by atoms with Gasteiger partial charge in [0, 0.05) is 0 Å². The first-order valence-corrected chi connectivity index (χ1v) is 9.71. The van der Waals surface area contributed by atoms with Crippen molar-refractivity contribution in [3.05, 3.63) is 59.7 Å². The van der Waals surface area contributed by atoms with Crippen LogP contribution in [0.1, 0.15) is 36.2 Å². The van der Waals surface area contributed by atoms with Gasteiger partial charge in [0.25, 0.3) is 11.8 Å². The summed E-state index contributed by atoms with van der Waals surface area (Å²) >= 11 is 0. The smallest absolute Gasteiger partial charge is 0.338 e. The Morgan fingerprint density at radius 2 is 1.27 bits per heavy atom. The standard InChI is InChI=1S/C22H26N2O6/c1-3-13-28-22(27)17-7-11-19(12-8-17)30-15-21(26)24-23-20(25)14-29-18-9-5-16(4-2)6-10-18/h5-12H,3-4,13-15H2,1-2H3,(H,23,25)(H,24,26). The normalized spacial score (nSPS) is 10.1. The van der Waals surface area contributed by atoms with Gasteiger partial charge in [0.05, 0.1) is 12.2 Å². The molecule has 2 N–H and O–H groups in total. The van der Waals surface area contributed by atoms with Crippen LogP contribution in [-0.2, 0) is 20.7 Å². The van der Waals surface area contributed by atoms with Crippen molar-refractivity contribution in [2.45, 2.75) is 26.7 Å². The highest BCUT2D eigenvalue weighted by atomic mass is 16.5. The first kappa shape index (κ1) is 22.7. The van der Waals surface area contributed by atoms with E-state index in [1.54, 1.807) is 36.4 Å². The molecule has 8 nitrogen and oxygen atoms in total. The summed E-state index contributed by atoms with van der Waals surface area (Å²) in [5.41, 5.74) is 6.06. The Hall–Kier alpha value is -3.55. The molecule has 0 saturated heterocycles. The second kappa shape index (κ2) is 12.1. The molecule has 0 aromatic heterocycles. The Bertz CT molecular complexity index is 834. The van der Waals surface area contributed by atoms with Crippen LogP contribution in [0.2, 0.25) is 0 Å². The maximum absolute atomic E-state index is 11.8. The topological polar surface area (TPSA) is 103 Å². The first-order valence-electron chi connectivity index (χ1n) is 9.71. The van der Waals surface area contributed by atoms with Crippen LogP contribution in [0.3, 0.4) is 0 Å². The fourth-order valence-electron chi connectivity index (χ4n) is 2.30. The Morgan fingerprint density at radius 1 is 0.767 bits per heavy atom. The number of hydrogen-bond acceptors (Lipinski definition) is 6. The molecule has 0 spiro atoms. The number of esters is 1. The first-order chi connectivity index (χ1) is 14.5. The average Bonchev–Trinajstić information content (AvgIpc) is 2.79. The number of rotatable bonds is 10. The molecule has 2 aromatic carbocycles. The van der Waals surface area contributed by atoms with Gasteiger partial charge in [-0.2, -0.15) is 0 Å². The van der Waals surface area contributed by atoms with Crippen LogP contribution in [-0.4, -0.2) is 37.6 Å². The summed E-state index contributed by atoms with van der Waals surface area (Å²) in [5, 5.41) is 0. The van der Waals surface area contributed by atoms with Gasteiger partial charge in [-0.15, -0.1) is 0 Å². The molecular formula is C22H26N2O6. The van der Waals surface area contributed by atoms with Crippen LogP contribution in [0.4, 0.5) is 0 Å². The fraction of sp³-hybridized carbons (Fsp3) is 0.318. The van der Waals surface area contributed by atoms with Crippen LogP contribution in [0.5, 0.6) is 11.5 Å². The van der Waals surface area contributed by atoms with Crippen LogP contribution in [0.25, 0.3) is 0 Å². The Morgan fingerprint density at radius 3 is 1.73 bits per heavy atom. The summed E-state index contributed by atoms with van der Waals surface area (Å²) in [7, 11) is 0. The van der Waals surface area contributed by atoms with Crippen LogP contribution >= 0.6 is 0 Å². The number of hydrogen-bond donors (Lipinski definition) is 2. The van der Waals surface area contributed by atoms with Crippen molar-refractivity contribution in [1.29, 1.82) is 0 Å². The zero-order valence-corrected chi connectivity index (χ0v) is 17.1. The molecule has 0 heterocycles. The van der Waals surface area contributed by atoms with E-state index in [0.29, 0.717) is 23.7 Å². The molecule has 30 heavy (non-hydrogen) atoms. The van der Waals surface area contributed by atoms with Crippen molar-refractivity contribution in [1.82, 2.24) is 10.9 Å². The molecule has 0 fully saturated rings. The van der Waals surface area contributed by atoms with E-state index in [2.05, 4.69) is 17.8 Å².